The van der Waals surface area contributed by atoms with Crippen LogP contribution in [-0.2, 0) is 0 Å². The summed E-state index contributed by atoms with van der Waals surface area (Å²) in [7, 11) is 0. The molecule has 1 aromatic carbocycles. The van der Waals surface area contributed by atoms with E-state index in [1.54, 1.807) is 0 Å². The molecule has 0 unspecified atom stereocenters. The summed E-state index contributed by atoms with van der Waals surface area (Å²) in [6, 6.07) is 2.11. The highest BCUT2D eigenvalue weighted by atomic mass is 35.5. The smallest absolute Gasteiger partial charge is 0.322 e. The van der Waals surface area contributed by atoms with Crippen LogP contribution < -0.4 is 4.74 Å². The van der Waals surface area contributed by atoms with Crippen LogP contribution in [0.4, 0.5) is 5.69 Å². The zero-order valence-corrected chi connectivity index (χ0v) is 11.1. The van der Waals surface area contributed by atoms with E-state index in [1.165, 1.54) is 12.4 Å². The van der Waals surface area contributed by atoms with Crippen molar-refractivity contribution in [2.45, 2.75) is 0 Å². The van der Waals surface area contributed by atoms with E-state index in [0.29, 0.717) is 6.29 Å². The molecular weight excluding hydrogens is 309 g/mol. The maximum Gasteiger partial charge on any atom is 0.322 e. The van der Waals surface area contributed by atoms with Gasteiger partial charge in [-0.1, -0.05) is 23.2 Å². The van der Waals surface area contributed by atoms with Crippen LogP contribution in [0.1, 0.15) is 10.4 Å². The number of nitro benzene ring substituents is 1. The molecule has 20 heavy (non-hydrogen) atoms. The van der Waals surface area contributed by atoms with Crippen molar-refractivity contribution in [3.8, 4) is 11.8 Å². The van der Waals surface area contributed by atoms with E-state index < -0.39 is 4.92 Å². The Bertz CT molecular complexity index is 653. The first kappa shape index (κ1) is 14.2. The van der Waals surface area contributed by atoms with Crippen LogP contribution in [0.15, 0.2) is 24.5 Å². The molecule has 0 spiro atoms. The number of aromatic nitrogens is 2. The number of hydrogen-bond acceptors (Lipinski definition) is 6. The molecule has 2 aromatic rings. The molecule has 0 aliphatic carbocycles. The van der Waals surface area contributed by atoms with Crippen LogP contribution >= 0.6 is 23.2 Å². The Kier molecular flexibility index (Phi) is 4.11. The molecule has 0 amide bonds. The van der Waals surface area contributed by atoms with Crippen molar-refractivity contribution in [2.24, 2.45) is 0 Å². The van der Waals surface area contributed by atoms with E-state index in [4.69, 9.17) is 27.9 Å². The Balaban J connectivity index is 2.33. The largest absolute Gasteiger partial charge is 0.421 e. The quantitative estimate of drug-likeness (QED) is 0.488. The second-order valence-corrected chi connectivity index (χ2v) is 4.33. The molecule has 0 aliphatic heterocycles. The highest BCUT2D eigenvalue weighted by Crippen LogP contribution is 2.38. The van der Waals surface area contributed by atoms with E-state index >= 15 is 0 Å². The van der Waals surface area contributed by atoms with E-state index in [-0.39, 0.29) is 33.1 Å². The lowest BCUT2D eigenvalue weighted by atomic mass is 10.3. The Morgan fingerprint density at radius 1 is 1.20 bits per heavy atom. The van der Waals surface area contributed by atoms with Crippen molar-refractivity contribution in [1.29, 1.82) is 0 Å². The Morgan fingerprint density at radius 3 is 2.20 bits per heavy atom. The first-order valence-electron chi connectivity index (χ1n) is 5.10. The second-order valence-electron chi connectivity index (χ2n) is 3.51. The summed E-state index contributed by atoms with van der Waals surface area (Å²) in [6.45, 7) is 0. The van der Waals surface area contributed by atoms with Crippen LogP contribution in [0.2, 0.25) is 10.0 Å². The molecule has 1 aromatic heterocycles. The summed E-state index contributed by atoms with van der Waals surface area (Å²) in [5.74, 6) is -0.00205. The van der Waals surface area contributed by atoms with Crippen molar-refractivity contribution in [1.82, 2.24) is 9.97 Å². The highest BCUT2D eigenvalue weighted by molar-refractivity contribution is 6.37. The molecule has 0 aliphatic rings. The zero-order valence-electron chi connectivity index (χ0n) is 9.62. The van der Waals surface area contributed by atoms with Gasteiger partial charge in [0.1, 0.15) is 0 Å². The van der Waals surface area contributed by atoms with Gasteiger partial charge in [0.05, 0.1) is 20.5 Å². The summed E-state index contributed by atoms with van der Waals surface area (Å²) in [5.41, 5.74) is 0.0165. The number of rotatable bonds is 4. The standard InChI is InChI=1S/C11H5Cl2N3O4/c12-8-1-7(16(18)19)2-9(13)10(8)20-11-14-3-6(5-17)4-15-11/h1-5H. The number of hydrogen-bond donors (Lipinski definition) is 0. The van der Waals surface area contributed by atoms with Crippen LogP contribution in [0.25, 0.3) is 0 Å². The van der Waals surface area contributed by atoms with Crippen molar-refractivity contribution >= 4 is 35.2 Å². The summed E-state index contributed by atoms with van der Waals surface area (Å²) in [6.07, 6.45) is 3.08. The Hall–Kier alpha value is -2.25. The SMILES string of the molecule is O=Cc1cnc(Oc2c(Cl)cc([N+](=O)[O-])cc2Cl)nc1. The number of nitrogens with zero attached hydrogens (tertiary/aromatic N) is 3. The van der Waals surface area contributed by atoms with Crippen LogP contribution in [-0.4, -0.2) is 21.2 Å². The van der Waals surface area contributed by atoms with Gasteiger partial charge < -0.3 is 4.74 Å². The summed E-state index contributed by atoms with van der Waals surface area (Å²) < 4.78 is 5.25. The molecule has 0 bridgehead atoms. The third kappa shape index (κ3) is 3.01. The number of ether oxygens (including phenoxy) is 1. The number of benzene rings is 1. The minimum atomic E-state index is -0.628. The molecule has 0 radical (unpaired) electrons. The molecule has 2 rings (SSSR count). The molecular formula is C11H5Cl2N3O4. The average Bonchev–Trinajstić information content (AvgIpc) is 2.43. The van der Waals surface area contributed by atoms with Crippen molar-refractivity contribution in [3.05, 3.63) is 50.2 Å². The fourth-order valence-corrected chi connectivity index (χ4v) is 1.83. The minimum absolute atomic E-state index is 0.00205. The maximum absolute atomic E-state index is 10.6. The summed E-state index contributed by atoms with van der Waals surface area (Å²) in [5, 5.41) is 10.5. The number of carbonyl (C=O) groups is 1. The van der Waals surface area contributed by atoms with Crippen LogP contribution in [0, 0.1) is 10.1 Å². The van der Waals surface area contributed by atoms with E-state index in [9.17, 15) is 14.9 Å². The maximum atomic E-state index is 10.6. The van der Waals surface area contributed by atoms with Gasteiger partial charge >= 0.3 is 6.01 Å². The number of nitro groups is 1. The normalized spacial score (nSPS) is 10.1. The first-order valence-corrected chi connectivity index (χ1v) is 5.85. The van der Waals surface area contributed by atoms with Crippen molar-refractivity contribution < 1.29 is 14.5 Å². The second kappa shape index (κ2) is 5.81. The molecule has 0 fully saturated rings. The summed E-state index contributed by atoms with van der Waals surface area (Å²) in [4.78, 5) is 28.0. The molecule has 0 atom stereocenters. The zero-order chi connectivity index (χ0) is 14.7. The third-order valence-corrected chi connectivity index (χ3v) is 2.73. The van der Waals surface area contributed by atoms with Crippen molar-refractivity contribution in [2.75, 3.05) is 0 Å². The molecule has 1 heterocycles. The topological polar surface area (TPSA) is 95.2 Å². The molecule has 102 valence electrons. The van der Waals surface area contributed by atoms with Gasteiger partial charge in [0.2, 0.25) is 0 Å². The molecule has 0 N–H and O–H groups in total. The molecule has 9 heteroatoms. The van der Waals surface area contributed by atoms with Gasteiger partial charge in [0.15, 0.2) is 12.0 Å². The van der Waals surface area contributed by atoms with Crippen LogP contribution in [0.5, 0.6) is 11.8 Å². The lowest BCUT2D eigenvalue weighted by Gasteiger charge is -2.07. The number of non-ortho nitro benzene ring substituents is 1. The average molecular weight is 314 g/mol. The van der Waals surface area contributed by atoms with E-state index in [2.05, 4.69) is 9.97 Å². The van der Waals surface area contributed by atoms with Gasteiger partial charge in [0.25, 0.3) is 5.69 Å². The summed E-state index contributed by atoms with van der Waals surface area (Å²) >= 11 is 11.7. The predicted molar refractivity (Wildman–Crippen MR) is 70.6 cm³/mol. The van der Waals surface area contributed by atoms with Gasteiger partial charge in [-0.05, 0) is 0 Å². The fraction of sp³-hybridized carbons (Fsp3) is 0. The van der Waals surface area contributed by atoms with Gasteiger partial charge in [-0.25, -0.2) is 9.97 Å². The monoisotopic (exact) mass is 313 g/mol. The van der Waals surface area contributed by atoms with Gasteiger partial charge in [0, 0.05) is 24.5 Å². The first-order chi connectivity index (χ1) is 9.51. The van der Waals surface area contributed by atoms with Gasteiger partial charge in [-0.3, -0.25) is 14.9 Å². The molecule has 0 saturated heterocycles. The Morgan fingerprint density at radius 2 is 1.75 bits per heavy atom. The number of aldehydes is 1. The lowest BCUT2D eigenvalue weighted by molar-refractivity contribution is -0.384. The molecule has 0 saturated carbocycles. The van der Waals surface area contributed by atoms with Gasteiger partial charge in [-0.15, -0.1) is 0 Å². The van der Waals surface area contributed by atoms with Gasteiger partial charge in [-0.2, -0.15) is 0 Å². The van der Waals surface area contributed by atoms with Crippen molar-refractivity contribution in [3.63, 3.8) is 0 Å². The fourth-order valence-electron chi connectivity index (χ4n) is 1.28. The molecule has 7 nitrogen and oxygen atoms in total. The highest BCUT2D eigenvalue weighted by Gasteiger charge is 2.17. The number of carbonyl (C=O) groups excluding carboxylic acids is 1. The van der Waals surface area contributed by atoms with Crippen LogP contribution in [0.3, 0.4) is 0 Å². The van der Waals surface area contributed by atoms with E-state index in [1.807, 2.05) is 0 Å². The van der Waals surface area contributed by atoms with E-state index in [0.717, 1.165) is 12.1 Å². The predicted octanol–water partition coefficient (Wildman–Crippen LogP) is 3.30. The third-order valence-electron chi connectivity index (χ3n) is 2.17. The minimum Gasteiger partial charge on any atom is -0.421 e. The lowest BCUT2D eigenvalue weighted by Crippen LogP contribution is -1.95. The number of halogens is 2. The Labute approximate surface area is 122 Å².